The fraction of sp³-hybridized carbons (Fsp3) is 0.300. The number of benzene rings is 1. The highest BCUT2D eigenvalue weighted by atomic mass is 16.4. The van der Waals surface area contributed by atoms with Gasteiger partial charge in [-0.25, -0.2) is 0 Å². The number of hydrogen-bond acceptors (Lipinski definition) is 4. The van der Waals surface area contributed by atoms with Gasteiger partial charge in [-0.15, -0.1) is 0 Å². The molecule has 5 heteroatoms. The maximum absolute atomic E-state index is 10.5. The second-order valence-corrected chi connectivity index (χ2v) is 3.26. The fourth-order valence-electron chi connectivity index (χ4n) is 1.28. The van der Waals surface area contributed by atoms with Gasteiger partial charge >= 0.3 is 5.97 Å². The standard InChI is InChI=1S/C10H13NO4/c11-9(10(14)15)4-6-1-2-8(13)3-7(6)5-12/h1-3,9,12-13H,4-5,11H2,(H,14,15). The van der Waals surface area contributed by atoms with Gasteiger partial charge in [0.2, 0.25) is 0 Å². The van der Waals surface area contributed by atoms with E-state index in [2.05, 4.69) is 0 Å². The Labute approximate surface area is 86.8 Å². The number of hydrogen-bond donors (Lipinski definition) is 4. The maximum Gasteiger partial charge on any atom is 0.320 e. The summed E-state index contributed by atoms with van der Waals surface area (Å²) in [6, 6.07) is 3.39. The molecule has 0 saturated carbocycles. The summed E-state index contributed by atoms with van der Waals surface area (Å²) in [4.78, 5) is 10.5. The number of rotatable bonds is 4. The molecule has 1 aromatic rings. The number of aliphatic hydroxyl groups excluding tert-OH is 1. The van der Waals surface area contributed by atoms with Crippen molar-refractivity contribution in [1.82, 2.24) is 0 Å². The Morgan fingerprint density at radius 2 is 2.07 bits per heavy atom. The molecule has 82 valence electrons. The molecule has 5 N–H and O–H groups in total. The summed E-state index contributed by atoms with van der Waals surface area (Å²) in [7, 11) is 0. The Morgan fingerprint density at radius 3 is 2.60 bits per heavy atom. The van der Waals surface area contributed by atoms with E-state index in [0.717, 1.165) is 0 Å². The van der Waals surface area contributed by atoms with E-state index in [4.69, 9.17) is 21.1 Å². The topological polar surface area (TPSA) is 104 Å². The molecule has 0 spiro atoms. The largest absolute Gasteiger partial charge is 0.508 e. The van der Waals surface area contributed by atoms with E-state index in [1.54, 1.807) is 6.07 Å². The second-order valence-electron chi connectivity index (χ2n) is 3.26. The number of carboxylic acids is 1. The molecule has 1 aromatic carbocycles. The minimum atomic E-state index is -1.09. The van der Waals surface area contributed by atoms with Gasteiger partial charge in [-0.1, -0.05) is 6.07 Å². The first-order valence-electron chi connectivity index (χ1n) is 4.44. The van der Waals surface area contributed by atoms with Crippen molar-refractivity contribution in [3.63, 3.8) is 0 Å². The molecule has 1 unspecified atom stereocenters. The zero-order valence-electron chi connectivity index (χ0n) is 8.05. The zero-order valence-corrected chi connectivity index (χ0v) is 8.05. The molecule has 0 heterocycles. The molecule has 1 atom stereocenters. The fourth-order valence-corrected chi connectivity index (χ4v) is 1.28. The first-order valence-corrected chi connectivity index (χ1v) is 4.44. The van der Waals surface area contributed by atoms with Crippen LogP contribution >= 0.6 is 0 Å². The molecule has 0 bridgehead atoms. The smallest absolute Gasteiger partial charge is 0.320 e. The average Bonchev–Trinajstić information content (AvgIpc) is 2.20. The monoisotopic (exact) mass is 211 g/mol. The lowest BCUT2D eigenvalue weighted by Crippen LogP contribution is -2.32. The number of aliphatic carboxylic acids is 1. The van der Waals surface area contributed by atoms with Crippen LogP contribution in [0.15, 0.2) is 18.2 Å². The lowest BCUT2D eigenvalue weighted by molar-refractivity contribution is -0.138. The van der Waals surface area contributed by atoms with Crippen LogP contribution in [-0.2, 0) is 17.8 Å². The highest BCUT2D eigenvalue weighted by molar-refractivity contribution is 5.73. The van der Waals surface area contributed by atoms with E-state index in [1.165, 1.54) is 12.1 Å². The van der Waals surface area contributed by atoms with Gasteiger partial charge in [0.1, 0.15) is 11.8 Å². The molecular weight excluding hydrogens is 198 g/mol. The summed E-state index contributed by atoms with van der Waals surface area (Å²) < 4.78 is 0. The second kappa shape index (κ2) is 4.77. The van der Waals surface area contributed by atoms with E-state index in [9.17, 15) is 4.79 Å². The first kappa shape index (κ1) is 11.5. The van der Waals surface area contributed by atoms with Crippen LogP contribution in [0.4, 0.5) is 0 Å². The molecule has 5 nitrogen and oxygen atoms in total. The van der Waals surface area contributed by atoms with Crippen LogP contribution in [0, 0.1) is 0 Å². The molecule has 0 fully saturated rings. The molecule has 0 radical (unpaired) electrons. The number of phenolic OH excluding ortho intramolecular Hbond substituents is 1. The number of aliphatic hydroxyl groups is 1. The van der Waals surface area contributed by atoms with Crippen molar-refractivity contribution in [1.29, 1.82) is 0 Å². The van der Waals surface area contributed by atoms with Gasteiger partial charge in [0.25, 0.3) is 0 Å². The summed E-state index contributed by atoms with van der Waals surface area (Å²) in [5.74, 6) is -1.06. The quantitative estimate of drug-likeness (QED) is 0.554. The SMILES string of the molecule is NC(Cc1ccc(O)cc1CO)C(=O)O. The van der Waals surface area contributed by atoms with E-state index >= 15 is 0 Å². The Morgan fingerprint density at radius 1 is 1.40 bits per heavy atom. The Hall–Kier alpha value is -1.59. The lowest BCUT2D eigenvalue weighted by atomic mass is 10.0. The molecule has 0 aromatic heterocycles. The molecule has 0 aliphatic heterocycles. The highest BCUT2D eigenvalue weighted by Crippen LogP contribution is 2.17. The summed E-state index contributed by atoms with van der Waals surface area (Å²) in [6.07, 6.45) is 0.130. The molecule has 0 saturated heterocycles. The summed E-state index contributed by atoms with van der Waals surface area (Å²) in [5, 5.41) is 26.8. The molecular formula is C10H13NO4. The van der Waals surface area contributed by atoms with Crippen molar-refractivity contribution in [3.05, 3.63) is 29.3 Å². The number of aromatic hydroxyl groups is 1. The lowest BCUT2D eigenvalue weighted by Gasteiger charge is -2.10. The molecule has 0 aliphatic rings. The van der Waals surface area contributed by atoms with E-state index in [-0.39, 0.29) is 18.8 Å². The average molecular weight is 211 g/mol. The van der Waals surface area contributed by atoms with Crippen LogP contribution in [-0.4, -0.2) is 27.3 Å². The Balaban J connectivity index is 2.89. The molecule has 0 amide bonds. The third-order valence-electron chi connectivity index (χ3n) is 2.12. The minimum Gasteiger partial charge on any atom is -0.508 e. The molecule has 1 rings (SSSR count). The van der Waals surface area contributed by atoms with Gasteiger partial charge in [0.05, 0.1) is 6.61 Å². The molecule has 15 heavy (non-hydrogen) atoms. The van der Waals surface area contributed by atoms with Gasteiger partial charge in [-0.05, 0) is 29.7 Å². The van der Waals surface area contributed by atoms with Crippen LogP contribution in [0.3, 0.4) is 0 Å². The van der Waals surface area contributed by atoms with Gasteiger partial charge in [0, 0.05) is 0 Å². The molecule has 0 aliphatic carbocycles. The maximum atomic E-state index is 10.5. The van der Waals surface area contributed by atoms with Crippen molar-refractivity contribution >= 4 is 5.97 Å². The van der Waals surface area contributed by atoms with Crippen molar-refractivity contribution in [3.8, 4) is 5.75 Å². The van der Waals surface area contributed by atoms with Crippen LogP contribution < -0.4 is 5.73 Å². The minimum absolute atomic E-state index is 0.0340. The van der Waals surface area contributed by atoms with Gasteiger partial charge < -0.3 is 21.1 Å². The van der Waals surface area contributed by atoms with Gasteiger partial charge in [-0.2, -0.15) is 0 Å². The van der Waals surface area contributed by atoms with Crippen molar-refractivity contribution in [2.24, 2.45) is 5.73 Å². The number of carboxylic acid groups (broad SMARTS) is 1. The predicted octanol–water partition coefficient (Wildman–Crippen LogP) is -0.161. The van der Waals surface area contributed by atoms with Crippen molar-refractivity contribution in [2.45, 2.75) is 19.1 Å². The van der Waals surface area contributed by atoms with Crippen molar-refractivity contribution < 1.29 is 20.1 Å². The predicted molar refractivity (Wildman–Crippen MR) is 53.3 cm³/mol. The zero-order chi connectivity index (χ0) is 11.4. The van der Waals surface area contributed by atoms with Crippen LogP contribution in [0.25, 0.3) is 0 Å². The highest BCUT2D eigenvalue weighted by Gasteiger charge is 2.14. The van der Waals surface area contributed by atoms with Gasteiger partial charge in [0.15, 0.2) is 0 Å². The van der Waals surface area contributed by atoms with Crippen LogP contribution in [0.5, 0.6) is 5.75 Å². The summed E-state index contributed by atoms with van der Waals surface area (Å²) in [5.41, 5.74) is 6.49. The summed E-state index contributed by atoms with van der Waals surface area (Å²) in [6.45, 7) is -0.254. The van der Waals surface area contributed by atoms with E-state index in [1.807, 2.05) is 0 Å². The van der Waals surface area contributed by atoms with E-state index < -0.39 is 12.0 Å². The van der Waals surface area contributed by atoms with Crippen molar-refractivity contribution in [2.75, 3.05) is 0 Å². The normalized spacial score (nSPS) is 12.4. The number of phenols is 1. The number of nitrogens with two attached hydrogens (primary N) is 1. The Bertz CT molecular complexity index is 364. The van der Waals surface area contributed by atoms with Gasteiger partial charge in [-0.3, -0.25) is 4.79 Å². The first-order chi connectivity index (χ1) is 7.04. The van der Waals surface area contributed by atoms with Crippen LogP contribution in [0.2, 0.25) is 0 Å². The van der Waals surface area contributed by atoms with E-state index in [0.29, 0.717) is 11.1 Å². The number of carbonyl (C=O) groups is 1. The third kappa shape index (κ3) is 2.93. The third-order valence-corrected chi connectivity index (χ3v) is 2.12. The summed E-state index contributed by atoms with van der Waals surface area (Å²) >= 11 is 0. The Kier molecular flexibility index (Phi) is 3.65. The van der Waals surface area contributed by atoms with Crippen LogP contribution in [0.1, 0.15) is 11.1 Å².